The second-order valence-electron chi connectivity index (χ2n) is 27.8. The van der Waals surface area contributed by atoms with E-state index in [9.17, 15) is 43.2 Å². The molecule has 3 unspecified atom stereocenters. The normalized spacial score (nSPS) is 14.3. The van der Waals surface area contributed by atoms with Crippen molar-refractivity contribution in [1.29, 1.82) is 0 Å². The van der Waals surface area contributed by atoms with E-state index in [-0.39, 0.29) is 25.7 Å². The summed E-state index contributed by atoms with van der Waals surface area (Å²) in [5.41, 5.74) is 0. The fraction of sp³-hybridized carbons (Fsp3) is 0.947. The standard InChI is InChI=1S/C75H146O17P2/c1-7-10-12-14-16-18-20-21-22-23-27-31-34-38-45-51-57-72(77)85-63-70(91-75(80)60-54-48-40-36-32-28-25-24-26-30-33-37-43-49-55-67(4)5)65-89-93(81,82)87-61-69(76)62-88-94(83,84)90-66-71(64-86-73(78)58-52-46-42-41-44-50-56-68(6)9-3)92-74(79)59-53-47-39-35-29-19-17-15-13-11-8-2/h67-71,76H,7-66H2,1-6H3,(H,81,82)(H,83,84)/t68?,69-,70-,71-/m1/s1. The maximum atomic E-state index is 13.1. The lowest BCUT2D eigenvalue weighted by atomic mass is 10.00. The zero-order valence-corrected chi connectivity index (χ0v) is 63.1. The summed E-state index contributed by atoms with van der Waals surface area (Å²) in [6.45, 7) is 9.57. The Labute approximate surface area is 575 Å². The summed E-state index contributed by atoms with van der Waals surface area (Å²) in [7, 11) is -9.91. The highest BCUT2D eigenvalue weighted by atomic mass is 31.2. The highest BCUT2D eigenvalue weighted by Gasteiger charge is 2.30. The van der Waals surface area contributed by atoms with Crippen LogP contribution in [0.4, 0.5) is 0 Å². The summed E-state index contributed by atoms with van der Waals surface area (Å²) < 4.78 is 68.5. The van der Waals surface area contributed by atoms with Crippen molar-refractivity contribution in [3.63, 3.8) is 0 Å². The number of unbranched alkanes of at least 4 members (excludes halogenated alkanes) is 43. The second kappa shape index (κ2) is 66.9. The van der Waals surface area contributed by atoms with Gasteiger partial charge in [-0.25, -0.2) is 9.13 Å². The summed E-state index contributed by atoms with van der Waals surface area (Å²) in [6, 6.07) is 0. The van der Waals surface area contributed by atoms with Crippen molar-refractivity contribution in [1.82, 2.24) is 0 Å². The molecular formula is C75H146O17P2. The predicted octanol–water partition coefficient (Wildman–Crippen LogP) is 21.9. The van der Waals surface area contributed by atoms with Crippen molar-refractivity contribution in [2.24, 2.45) is 11.8 Å². The first-order valence-corrected chi connectivity index (χ1v) is 42.0. The lowest BCUT2D eigenvalue weighted by molar-refractivity contribution is -0.161. The van der Waals surface area contributed by atoms with E-state index in [1.807, 2.05) is 0 Å². The molecule has 6 atom stereocenters. The fourth-order valence-electron chi connectivity index (χ4n) is 11.4. The van der Waals surface area contributed by atoms with E-state index in [2.05, 4.69) is 41.5 Å². The van der Waals surface area contributed by atoms with Crippen LogP contribution in [0.15, 0.2) is 0 Å². The Hall–Kier alpha value is -1.94. The lowest BCUT2D eigenvalue weighted by Crippen LogP contribution is -2.30. The van der Waals surface area contributed by atoms with Gasteiger partial charge in [-0.2, -0.15) is 0 Å². The van der Waals surface area contributed by atoms with E-state index in [1.54, 1.807) is 0 Å². The Morgan fingerprint density at radius 3 is 0.809 bits per heavy atom. The topological polar surface area (TPSA) is 237 Å². The molecule has 17 nitrogen and oxygen atoms in total. The minimum Gasteiger partial charge on any atom is -0.462 e. The van der Waals surface area contributed by atoms with E-state index in [4.69, 9.17) is 37.0 Å². The van der Waals surface area contributed by atoms with Crippen molar-refractivity contribution in [2.45, 2.75) is 407 Å². The van der Waals surface area contributed by atoms with Gasteiger partial charge in [-0.1, -0.05) is 337 Å². The van der Waals surface area contributed by atoms with Crippen LogP contribution in [0.3, 0.4) is 0 Å². The van der Waals surface area contributed by atoms with Crippen LogP contribution in [0.1, 0.15) is 388 Å². The number of aliphatic hydroxyl groups excluding tert-OH is 1. The maximum absolute atomic E-state index is 13.1. The van der Waals surface area contributed by atoms with Crippen molar-refractivity contribution in [3.8, 4) is 0 Å². The van der Waals surface area contributed by atoms with Gasteiger partial charge in [-0.3, -0.25) is 37.3 Å². The van der Waals surface area contributed by atoms with Crippen LogP contribution in [0.25, 0.3) is 0 Å². The largest absolute Gasteiger partial charge is 0.472 e. The molecule has 0 aromatic rings. The first-order valence-electron chi connectivity index (χ1n) is 39.0. The number of phosphoric ester groups is 2. The molecule has 0 aliphatic carbocycles. The first kappa shape index (κ1) is 92.1. The molecular weight excluding hydrogens is 1230 g/mol. The first-order chi connectivity index (χ1) is 45.4. The van der Waals surface area contributed by atoms with Gasteiger partial charge in [0.1, 0.15) is 19.3 Å². The molecule has 0 amide bonds. The Balaban J connectivity index is 5.24. The van der Waals surface area contributed by atoms with Gasteiger partial charge in [0, 0.05) is 25.7 Å². The summed E-state index contributed by atoms with van der Waals surface area (Å²) in [5, 5.41) is 10.6. The van der Waals surface area contributed by atoms with E-state index in [0.29, 0.717) is 25.7 Å². The predicted molar refractivity (Wildman–Crippen MR) is 381 cm³/mol. The lowest BCUT2D eigenvalue weighted by Gasteiger charge is -2.21. The molecule has 3 N–H and O–H groups in total. The molecule has 0 rings (SSSR count). The number of rotatable bonds is 74. The molecule has 0 radical (unpaired) electrons. The van der Waals surface area contributed by atoms with Crippen LogP contribution in [0.2, 0.25) is 0 Å². The zero-order valence-electron chi connectivity index (χ0n) is 61.3. The Bertz CT molecular complexity index is 1820. The van der Waals surface area contributed by atoms with Crippen LogP contribution in [-0.2, 0) is 65.4 Å². The highest BCUT2D eigenvalue weighted by Crippen LogP contribution is 2.45. The van der Waals surface area contributed by atoms with Crippen LogP contribution in [0, 0.1) is 11.8 Å². The van der Waals surface area contributed by atoms with Crippen LogP contribution >= 0.6 is 15.6 Å². The Morgan fingerprint density at radius 2 is 0.543 bits per heavy atom. The molecule has 0 aromatic carbocycles. The number of esters is 4. The van der Waals surface area contributed by atoms with Crippen LogP contribution < -0.4 is 0 Å². The van der Waals surface area contributed by atoms with Gasteiger partial charge in [-0.15, -0.1) is 0 Å². The molecule has 0 spiro atoms. The number of phosphoric acid groups is 2. The van der Waals surface area contributed by atoms with Gasteiger partial charge < -0.3 is 33.8 Å². The Kier molecular flexibility index (Phi) is 65.5. The number of hydrogen-bond donors (Lipinski definition) is 3. The third-order valence-electron chi connectivity index (χ3n) is 17.8. The minimum absolute atomic E-state index is 0.106. The number of carbonyl (C=O) groups is 4. The van der Waals surface area contributed by atoms with E-state index in [1.165, 1.54) is 199 Å². The Morgan fingerprint density at radius 1 is 0.309 bits per heavy atom. The highest BCUT2D eigenvalue weighted by molar-refractivity contribution is 7.47. The van der Waals surface area contributed by atoms with Gasteiger partial charge in [0.2, 0.25) is 0 Å². The van der Waals surface area contributed by atoms with E-state index in [0.717, 1.165) is 108 Å². The van der Waals surface area contributed by atoms with Crippen LogP contribution in [-0.4, -0.2) is 96.7 Å². The van der Waals surface area contributed by atoms with Gasteiger partial charge >= 0.3 is 39.5 Å². The quantitative estimate of drug-likeness (QED) is 0.0222. The van der Waals surface area contributed by atoms with E-state index >= 15 is 0 Å². The molecule has 0 aliphatic heterocycles. The summed E-state index contributed by atoms with van der Waals surface area (Å²) >= 11 is 0. The molecule has 0 saturated heterocycles. The molecule has 0 fully saturated rings. The molecule has 19 heteroatoms. The average Bonchev–Trinajstić information content (AvgIpc) is 1.39. The van der Waals surface area contributed by atoms with Gasteiger partial charge in [0.15, 0.2) is 12.2 Å². The van der Waals surface area contributed by atoms with Crippen molar-refractivity contribution in [2.75, 3.05) is 39.6 Å². The number of ether oxygens (including phenoxy) is 4. The second-order valence-corrected chi connectivity index (χ2v) is 30.7. The van der Waals surface area contributed by atoms with Crippen molar-refractivity contribution < 1.29 is 80.2 Å². The number of aliphatic hydroxyl groups is 1. The molecule has 0 saturated carbocycles. The number of hydrogen-bond acceptors (Lipinski definition) is 15. The summed E-state index contributed by atoms with van der Waals surface area (Å²) in [6.07, 6.45) is 54.1. The zero-order chi connectivity index (χ0) is 69.3. The van der Waals surface area contributed by atoms with Gasteiger partial charge in [0.05, 0.1) is 26.4 Å². The number of carbonyl (C=O) groups excluding carboxylic acids is 4. The van der Waals surface area contributed by atoms with E-state index < -0.39 is 97.5 Å². The SMILES string of the molecule is CCCCCCCCCCCCCCCCCCC(=O)OC[C@H](COP(=O)(O)OC[C@@H](O)COP(=O)(O)OC[C@@H](COC(=O)CCCCCCCCC(C)CC)OC(=O)CCCCCCCCCCCCC)OC(=O)CCCCCCCCCCCCCCCCC(C)C. The third-order valence-corrected chi connectivity index (χ3v) is 19.7. The molecule has 0 bridgehead atoms. The molecule has 0 aliphatic rings. The summed E-state index contributed by atoms with van der Waals surface area (Å²) in [4.78, 5) is 72.7. The molecule has 94 heavy (non-hydrogen) atoms. The smallest absolute Gasteiger partial charge is 0.462 e. The summed E-state index contributed by atoms with van der Waals surface area (Å²) in [5.74, 6) is -0.590. The molecule has 558 valence electrons. The average molecular weight is 1380 g/mol. The fourth-order valence-corrected chi connectivity index (χ4v) is 13.0. The maximum Gasteiger partial charge on any atom is 0.472 e. The van der Waals surface area contributed by atoms with Crippen molar-refractivity contribution >= 4 is 39.5 Å². The third kappa shape index (κ3) is 67.3. The van der Waals surface area contributed by atoms with Crippen LogP contribution in [0.5, 0.6) is 0 Å². The monoisotopic (exact) mass is 1380 g/mol. The molecule has 0 heterocycles. The minimum atomic E-state index is -4.96. The van der Waals surface area contributed by atoms with Gasteiger partial charge in [-0.05, 0) is 37.5 Å². The van der Waals surface area contributed by atoms with Crippen molar-refractivity contribution in [3.05, 3.63) is 0 Å². The molecule has 0 aromatic heterocycles. The van der Waals surface area contributed by atoms with Gasteiger partial charge in [0.25, 0.3) is 0 Å².